The maximum atomic E-state index is 5.74. The van der Waals surface area contributed by atoms with Gasteiger partial charge in [-0.25, -0.2) is 0 Å². The summed E-state index contributed by atoms with van der Waals surface area (Å²) in [4.78, 5) is 0. The Morgan fingerprint density at radius 1 is 1.14 bits per heavy atom. The van der Waals surface area contributed by atoms with Crippen LogP contribution in [0, 0.1) is 0 Å². The molecule has 0 aliphatic rings. The normalized spacial score (nSPS) is 13.4. The first-order valence-corrected chi connectivity index (χ1v) is 8.30. The average molecular weight is 208 g/mol. The van der Waals surface area contributed by atoms with E-state index in [0.717, 1.165) is 5.69 Å². The number of hydrogen-bond donors (Lipinski definition) is 1. The fraction of sp³-hybridized carbons (Fsp3) is 0.273. The van der Waals surface area contributed by atoms with Crippen LogP contribution >= 0.6 is 7.41 Å². The predicted molar refractivity (Wildman–Crippen MR) is 67.8 cm³/mol. The molecular formula is C11H17N2P. The molecular weight excluding hydrogens is 191 g/mol. The van der Waals surface area contributed by atoms with E-state index in [2.05, 4.69) is 42.7 Å². The first kappa shape index (κ1) is 9.54. The van der Waals surface area contributed by atoms with Crippen LogP contribution in [0.4, 0.5) is 5.69 Å². The van der Waals surface area contributed by atoms with Gasteiger partial charge in [-0.2, -0.15) is 0 Å². The summed E-state index contributed by atoms with van der Waals surface area (Å²) in [6, 6.07) is 8.26. The molecule has 0 saturated heterocycles. The number of anilines is 1. The Bertz CT molecular complexity index is 466. The van der Waals surface area contributed by atoms with E-state index in [9.17, 15) is 0 Å². The van der Waals surface area contributed by atoms with Crippen molar-refractivity contribution in [3.05, 3.63) is 30.5 Å². The number of benzene rings is 1. The van der Waals surface area contributed by atoms with E-state index < -0.39 is 7.41 Å². The van der Waals surface area contributed by atoms with Crippen LogP contribution in [0.15, 0.2) is 30.5 Å². The number of nitrogen functional groups attached to an aromatic ring is 1. The second-order valence-corrected chi connectivity index (χ2v) is 9.50. The molecule has 2 N–H and O–H groups in total. The molecule has 0 aliphatic heterocycles. The summed E-state index contributed by atoms with van der Waals surface area (Å²) in [6.07, 6.45) is 2.18. The van der Waals surface area contributed by atoms with E-state index in [0.29, 0.717) is 0 Å². The van der Waals surface area contributed by atoms with Crippen LogP contribution in [0.5, 0.6) is 0 Å². The van der Waals surface area contributed by atoms with Crippen molar-refractivity contribution in [2.24, 2.45) is 0 Å². The van der Waals surface area contributed by atoms with E-state index in [-0.39, 0.29) is 0 Å². The third kappa shape index (κ3) is 1.51. The Kier molecular flexibility index (Phi) is 2.04. The number of hydrogen-bond acceptors (Lipinski definition) is 1. The third-order valence-corrected chi connectivity index (χ3v) is 4.27. The van der Waals surface area contributed by atoms with Gasteiger partial charge in [0.2, 0.25) is 0 Å². The van der Waals surface area contributed by atoms with Gasteiger partial charge in [-0.15, -0.1) is 0 Å². The van der Waals surface area contributed by atoms with E-state index in [1.54, 1.807) is 0 Å². The third-order valence-electron chi connectivity index (χ3n) is 2.44. The van der Waals surface area contributed by atoms with Crippen LogP contribution in [0.1, 0.15) is 0 Å². The van der Waals surface area contributed by atoms with Crippen molar-refractivity contribution >= 4 is 24.0 Å². The van der Waals surface area contributed by atoms with Crippen molar-refractivity contribution in [2.45, 2.75) is 0 Å². The van der Waals surface area contributed by atoms with Gasteiger partial charge in [0.25, 0.3) is 0 Å². The molecule has 3 heteroatoms. The number of aromatic nitrogens is 1. The van der Waals surface area contributed by atoms with Gasteiger partial charge in [0.1, 0.15) is 0 Å². The van der Waals surface area contributed by atoms with Gasteiger partial charge in [-0.1, -0.05) is 0 Å². The summed E-state index contributed by atoms with van der Waals surface area (Å²) in [6.45, 7) is 7.01. The van der Waals surface area contributed by atoms with Crippen molar-refractivity contribution < 1.29 is 0 Å². The predicted octanol–water partition coefficient (Wildman–Crippen LogP) is 2.63. The van der Waals surface area contributed by atoms with E-state index in [1.807, 2.05) is 12.1 Å². The molecule has 0 radical (unpaired) electrons. The maximum absolute atomic E-state index is 5.74. The minimum absolute atomic E-state index is 0.839. The van der Waals surface area contributed by atoms with Gasteiger partial charge >= 0.3 is 84.5 Å². The molecule has 0 fully saturated rings. The summed E-state index contributed by atoms with van der Waals surface area (Å²) < 4.78 is 2.40. The standard InChI is InChI=1S/C11H17N2P/c1-14(2,3)13-7-6-9-8-10(12)4-5-11(9)13/h4-8,14H,12H2,1-3H3. The van der Waals surface area contributed by atoms with E-state index in [1.165, 1.54) is 10.9 Å². The number of fused-ring (bicyclic) bond motifs is 1. The Hall–Kier alpha value is -1.01. The number of nitrogens with two attached hydrogens (primary N) is 1. The van der Waals surface area contributed by atoms with Crippen LogP contribution in [-0.4, -0.2) is 24.3 Å². The molecule has 0 amide bonds. The Morgan fingerprint density at radius 2 is 1.86 bits per heavy atom. The van der Waals surface area contributed by atoms with Crippen molar-refractivity contribution in [3.63, 3.8) is 0 Å². The summed E-state index contributed by atoms with van der Waals surface area (Å²) in [5.41, 5.74) is 7.89. The monoisotopic (exact) mass is 208 g/mol. The molecule has 0 bridgehead atoms. The van der Waals surface area contributed by atoms with Crippen molar-refractivity contribution in [2.75, 3.05) is 25.7 Å². The average Bonchev–Trinajstić information content (AvgIpc) is 2.45. The van der Waals surface area contributed by atoms with Crippen LogP contribution in [-0.2, 0) is 0 Å². The quantitative estimate of drug-likeness (QED) is 0.567. The molecule has 2 rings (SSSR count). The zero-order valence-corrected chi connectivity index (χ0v) is 9.91. The molecule has 0 unspecified atom stereocenters. The molecule has 2 aromatic rings. The molecule has 1 aromatic carbocycles. The van der Waals surface area contributed by atoms with Crippen LogP contribution < -0.4 is 5.73 Å². The molecule has 76 valence electrons. The SMILES string of the molecule is C[PH](C)(C)n1ccc2cc(N)ccc21. The number of rotatable bonds is 1. The van der Waals surface area contributed by atoms with Crippen molar-refractivity contribution in [3.8, 4) is 0 Å². The van der Waals surface area contributed by atoms with E-state index in [4.69, 9.17) is 5.73 Å². The fourth-order valence-corrected chi connectivity index (χ4v) is 3.19. The summed E-state index contributed by atoms with van der Waals surface area (Å²) in [5.74, 6) is 0. The Morgan fingerprint density at radius 3 is 2.50 bits per heavy atom. The summed E-state index contributed by atoms with van der Waals surface area (Å²) in [5, 5.41) is 1.24. The molecule has 2 nitrogen and oxygen atoms in total. The first-order chi connectivity index (χ1) is 6.48. The van der Waals surface area contributed by atoms with Gasteiger partial charge in [-0.05, 0) is 0 Å². The zero-order chi connectivity index (χ0) is 10.3. The van der Waals surface area contributed by atoms with Crippen molar-refractivity contribution in [1.82, 2.24) is 4.34 Å². The second kappa shape index (κ2) is 2.99. The molecule has 0 aliphatic carbocycles. The summed E-state index contributed by atoms with van der Waals surface area (Å²) in [7, 11) is -1.29. The van der Waals surface area contributed by atoms with Crippen LogP contribution in [0.25, 0.3) is 10.9 Å². The topological polar surface area (TPSA) is 30.9 Å². The van der Waals surface area contributed by atoms with Gasteiger partial charge in [0.15, 0.2) is 0 Å². The fourth-order valence-electron chi connectivity index (χ4n) is 1.75. The molecule has 1 heterocycles. The van der Waals surface area contributed by atoms with Gasteiger partial charge in [0.05, 0.1) is 0 Å². The Labute approximate surface area is 85.1 Å². The van der Waals surface area contributed by atoms with Crippen molar-refractivity contribution in [1.29, 1.82) is 0 Å². The minimum atomic E-state index is -1.29. The van der Waals surface area contributed by atoms with Crippen LogP contribution in [0.3, 0.4) is 0 Å². The van der Waals surface area contributed by atoms with Gasteiger partial charge in [-0.3, -0.25) is 0 Å². The molecule has 0 saturated carbocycles. The molecule has 0 spiro atoms. The van der Waals surface area contributed by atoms with Crippen LogP contribution in [0.2, 0.25) is 0 Å². The molecule has 0 atom stereocenters. The molecule has 1 aromatic heterocycles. The number of nitrogens with zero attached hydrogens (tertiary/aromatic N) is 1. The van der Waals surface area contributed by atoms with Gasteiger partial charge in [0, 0.05) is 0 Å². The van der Waals surface area contributed by atoms with E-state index >= 15 is 0 Å². The first-order valence-electron chi connectivity index (χ1n) is 4.85. The second-order valence-electron chi connectivity index (χ2n) is 4.67. The summed E-state index contributed by atoms with van der Waals surface area (Å²) >= 11 is 0. The van der Waals surface area contributed by atoms with Gasteiger partial charge < -0.3 is 0 Å². The zero-order valence-electron chi connectivity index (χ0n) is 8.91. The Balaban J connectivity index is 2.70. The molecule has 14 heavy (non-hydrogen) atoms.